The van der Waals surface area contributed by atoms with E-state index in [1.807, 2.05) is 81.2 Å². The summed E-state index contributed by atoms with van der Waals surface area (Å²) in [4.78, 5) is 30.6. The van der Waals surface area contributed by atoms with Crippen LogP contribution in [0.25, 0.3) is 0 Å². The van der Waals surface area contributed by atoms with E-state index in [1.54, 1.807) is 19.1 Å². The molecule has 0 aromatic heterocycles. The third-order valence-electron chi connectivity index (χ3n) is 7.43. The van der Waals surface area contributed by atoms with Crippen LogP contribution in [0.2, 0.25) is 0 Å². The molecule has 1 saturated heterocycles. The van der Waals surface area contributed by atoms with Gasteiger partial charge in [-0.25, -0.2) is 0 Å². The number of aryl methyl sites for hydroxylation is 1. The highest BCUT2D eigenvalue weighted by Crippen LogP contribution is 2.26. The maximum Gasteiger partial charge on any atom is 0.256 e. The smallest absolute Gasteiger partial charge is 0.256 e. The normalized spacial score (nSPS) is 17.7. The van der Waals surface area contributed by atoms with Crippen molar-refractivity contribution in [3.63, 3.8) is 0 Å². The molecular weight excluding hydrogens is 494 g/mol. The maximum absolute atomic E-state index is 13.7. The molecule has 8 heteroatoms. The molecule has 1 aliphatic heterocycles. The lowest BCUT2D eigenvalue weighted by Gasteiger charge is -2.33. The molecule has 2 aromatic carbocycles. The minimum absolute atomic E-state index is 0.00894. The first-order valence-electron chi connectivity index (χ1n) is 13.8. The van der Waals surface area contributed by atoms with Crippen LogP contribution in [0.1, 0.15) is 47.9 Å². The van der Waals surface area contributed by atoms with Gasteiger partial charge in [0, 0.05) is 72.1 Å². The second-order valence-electron chi connectivity index (χ2n) is 10.6. The number of benzene rings is 2. The summed E-state index contributed by atoms with van der Waals surface area (Å²) in [6.07, 6.45) is 0.153. The molecule has 1 aliphatic rings. The standard InChI is InChI=1S/C31H45N3O5/c1-22(2)34(30(35)25-14-13-23(3)28(17-25)39-16-10-15-37-5)21-27-19-32-18-26(27)20-33(4)31(36)29(38-6)24-11-8-7-9-12-24/h7-9,11-14,17,22,26-27,29,32H,10,15-16,18-21H2,1-6H3/t26-,27-,29-/m0/s1. The van der Waals surface area contributed by atoms with Crippen LogP contribution in [-0.4, -0.2) is 88.3 Å². The minimum Gasteiger partial charge on any atom is -0.493 e. The van der Waals surface area contributed by atoms with E-state index in [1.165, 1.54) is 0 Å². The molecule has 0 spiro atoms. The zero-order chi connectivity index (χ0) is 28.4. The summed E-state index contributed by atoms with van der Waals surface area (Å²) in [5.74, 6) is 1.10. The van der Waals surface area contributed by atoms with E-state index in [9.17, 15) is 9.59 Å². The number of hydrogen-bond acceptors (Lipinski definition) is 6. The van der Waals surface area contributed by atoms with Gasteiger partial charge in [-0.2, -0.15) is 0 Å². The predicted octanol–water partition coefficient (Wildman–Crippen LogP) is 3.94. The fourth-order valence-corrected chi connectivity index (χ4v) is 5.08. The van der Waals surface area contributed by atoms with Crippen LogP contribution >= 0.6 is 0 Å². The Morgan fingerprint density at radius 2 is 1.69 bits per heavy atom. The summed E-state index contributed by atoms with van der Waals surface area (Å²) < 4.78 is 16.6. The summed E-state index contributed by atoms with van der Waals surface area (Å²) in [6.45, 7) is 10.1. The molecule has 0 unspecified atom stereocenters. The van der Waals surface area contributed by atoms with E-state index in [-0.39, 0.29) is 29.7 Å². The van der Waals surface area contributed by atoms with Crippen molar-refractivity contribution in [3.05, 3.63) is 65.2 Å². The summed E-state index contributed by atoms with van der Waals surface area (Å²) in [5.41, 5.74) is 2.46. The van der Waals surface area contributed by atoms with Crippen LogP contribution in [0.3, 0.4) is 0 Å². The Bertz CT molecular complexity index is 1060. The van der Waals surface area contributed by atoms with Crippen LogP contribution in [0.4, 0.5) is 0 Å². The van der Waals surface area contributed by atoms with Crippen LogP contribution in [0, 0.1) is 18.8 Å². The molecule has 8 nitrogen and oxygen atoms in total. The molecule has 3 rings (SSSR count). The number of ether oxygens (including phenoxy) is 3. The van der Waals surface area contributed by atoms with Crippen LogP contribution in [-0.2, 0) is 14.3 Å². The van der Waals surface area contributed by atoms with Crippen molar-refractivity contribution in [2.45, 2.75) is 39.3 Å². The number of carbonyl (C=O) groups excluding carboxylic acids is 2. The monoisotopic (exact) mass is 539 g/mol. The number of likely N-dealkylation sites (N-methyl/N-ethyl adjacent to an activating group) is 1. The van der Waals surface area contributed by atoms with Crippen molar-refractivity contribution in [1.29, 1.82) is 0 Å². The largest absolute Gasteiger partial charge is 0.493 e. The van der Waals surface area contributed by atoms with Gasteiger partial charge in [-0.3, -0.25) is 9.59 Å². The molecular formula is C31H45N3O5. The highest BCUT2D eigenvalue weighted by Gasteiger charge is 2.34. The molecule has 0 radical (unpaired) electrons. The molecule has 39 heavy (non-hydrogen) atoms. The second-order valence-corrected chi connectivity index (χ2v) is 10.6. The Hall–Kier alpha value is -2.94. The molecule has 1 heterocycles. The van der Waals surface area contributed by atoms with Crippen molar-refractivity contribution < 1.29 is 23.8 Å². The van der Waals surface area contributed by atoms with Crippen molar-refractivity contribution in [2.75, 3.05) is 60.7 Å². The average molecular weight is 540 g/mol. The molecule has 214 valence electrons. The molecule has 3 atom stereocenters. The Morgan fingerprint density at radius 1 is 1.00 bits per heavy atom. The SMILES string of the molecule is COCCCOc1cc(C(=O)N(C[C@@H]2CNC[C@H]2CN(C)C(=O)[C@@H](OC)c2ccccc2)C(C)C)ccc1C. The van der Waals surface area contributed by atoms with Crippen LogP contribution in [0.5, 0.6) is 5.75 Å². The second kappa shape index (κ2) is 15.0. The van der Waals surface area contributed by atoms with Crippen molar-refractivity contribution >= 4 is 11.8 Å². The highest BCUT2D eigenvalue weighted by atomic mass is 16.5. The van der Waals surface area contributed by atoms with Gasteiger partial charge in [0.1, 0.15) is 5.75 Å². The maximum atomic E-state index is 13.7. The Morgan fingerprint density at radius 3 is 2.33 bits per heavy atom. The quantitative estimate of drug-likeness (QED) is 0.367. The Balaban J connectivity index is 1.67. The number of rotatable bonds is 14. The average Bonchev–Trinajstić information content (AvgIpc) is 3.37. The Labute approximate surface area is 233 Å². The van der Waals surface area contributed by atoms with E-state index in [0.29, 0.717) is 31.9 Å². The first-order chi connectivity index (χ1) is 18.8. The van der Waals surface area contributed by atoms with Gasteiger partial charge in [-0.05, 0) is 55.9 Å². The van der Waals surface area contributed by atoms with Crippen LogP contribution < -0.4 is 10.1 Å². The van der Waals surface area contributed by atoms with Gasteiger partial charge in [0.05, 0.1) is 6.61 Å². The van der Waals surface area contributed by atoms with Crippen molar-refractivity contribution in [2.24, 2.45) is 11.8 Å². The summed E-state index contributed by atoms with van der Waals surface area (Å²) >= 11 is 0. The molecule has 0 bridgehead atoms. The molecule has 0 aliphatic carbocycles. The molecule has 0 saturated carbocycles. The van der Waals surface area contributed by atoms with Gasteiger partial charge in [-0.15, -0.1) is 0 Å². The van der Waals surface area contributed by atoms with Gasteiger partial charge in [0.25, 0.3) is 11.8 Å². The van der Waals surface area contributed by atoms with Gasteiger partial charge in [0.2, 0.25) is 0 Å². The zero-order valence-electron chi connectivity index (χ0n) is 24.3. The van der Waals surface area contributed by atoms with Gasteiger partial charge in [-0.1, -0.05) is 36.4 Å². The lowest BCUT2D eigenvalue weighted by atomic mass is 9.93. The fraction of sp³-hybridized carbons (Fsp3) is 0.548. The third kappa shape index (κ3) is 8.27. The summed E-state index contributed by atoms with van der Waals surface area (Å²) in [6, 6.07) is 15.3. The minimum atomic E-state index is -0.634. The van der Waals surface area contributed by atoms with Gasteiger partial charge < -0.3 is 29.3 Å². The number of nitrogens with zero attached hydrogens (tertiary/aromatic N) is 2. The number of nitrogens with one attached hydrogen (secondary N) is 1. The van der Waals surface area contributed by atoms with E-state index in [2.05, 4.69) is 5.32 Å². The van der Waals surface area contributed by atoms with Crippen molar-refractivity contribution in [3.8, 4) is 5.75 Å². The first-order valence-corrected chi connectivity index (χ1v) is 13.8. The van der Waals surface area contributed by atoms with E-state index in [4.69, 9.17) is 14.2 Å². The fourth-order valence-electron chi connectivity index (χ4n) is 5.08. The molecule has 2 aromatic rings. The summed E-state index contributed by atoms with van der Waals surface area (Å²) in [7, 11) is 5.07. The summed E-state index contributed by atoms with van der Waals surface area (Å²) in [5, 5.41) is 3.48. The van der Waals surface area contributed by atoms with Crippen LogP contribution in [0.15, 0.2) is 48.5 Å². The molecule has 2 amide bonds. The number of hydrogen-bond donors (Lipinski definition) is 1. The first kappa shape index (κ1) is 30.6. The number of carbonyl (C=O) groups is 2. The number of methoxy groups -OCH3 is 2. The number of amides is 2. The Kier molecular flexibility index (Phi) is 11.8. The highest BCUT2D eigenvalue weighted by molar-refractivity contribution is 5.95. The van der Waals surface area contributed by atoms with Gasteiger partial charge >= 0.3 is 0 Å². The lowest BCUT2D eigenvalue weighted by Crippen LogP contribution is -2.44. The predicted molar refractivity (Wildman–Crippen MR) is 153 cm³/mol. The van der Waals surface area contributed by atoms with E-state index < -0.39 is 6.10 Å². The van der Waals surface area contributed by atoms with Gasteiger partial charge in [0.15, 0.2) is 6.10 Å². The van der Waals surface area contributed by atoms with E-state index >= 15 is 0 Å². The topological polar surface area (TPSA) is 80.3 Å². The van der Waals surface area contributed by atoms with Crippen molar-refractivity contribution in [1.82, 2.24) is 15.1 Å². The molecule has 1 fully saturated rings. The lowest BCUT2D eigenvalue weighted by molar-refractivity contribution is -0.141. The van der Waals surface area contributed by atoms with E-state index in [0.717, 1.165) is 36.4 Å². The third-order valence-corrected chi connectivity index (χ3v) is 7.43. The molecule has 1 N–H and O–H groups in total. The zero-order valence-corrected chi connectivity index (χ0v) is 24.3.